The van der Waals surface area contributed by atoms with Crippen molar-refractivity contribution in [2.24, 2.45) is 0 Å². The lowest BCUT2D eigenvalue weighted by Crippen LogP contribution is -2.27. The van der Waals surface area contributed by atoms with E-state index in [0.29, 0.717) is 0 Å². The third kappa shape index (κ3) is 2.49. The Hall–Kier alpha value is -1.36. The molecule has 17 heavy (non-hydrogen) atoms. The molecule has 0 unspecified atom stereocenters. The first-order chi connectivity index (χ1) is 8.10. The fourth-order valence-corrected chi connectivity index (χ4v) is 1.81. The van der Waals surface area contributed by atoms with E-state index in [2.05, 4.69) is 20.6 Å². The SMILES string of the molecule is CCNc1nc(C)nc(NC2(CO)CC2)c1C. The van der Waals surface area contributed by atoms with Gasteiger partial charge in [0.15, 0.2) is 0 Å². The molecule has 1 aromatic rings. The molecular weight excluding hydrogens is 216 g/mol. The largest absolute Gasteiger partial charge is 0.394 e. The first kappa shape index (κ1) is 12.1. The number of aryl methyl sites for hydroxylation is 1. The lowest BCUT2D eigenvalue weighted by atomic mass is 10.2. The van der Waals surface area contributed by atoms with Crippen molar-refractivity contribution in [2.75, 3.05) is 23.8 Å². The zero-order chi connectivity index (χ0) is 12.5. The van der Waals surface area contributed by atoms with Crippen molar-refractivity contribution >= 4 is 11.6 Å². The molecule has 0 bridgehead atoms. The number of aliphatic hydroxyl groups is 1. The van der Waals surface area contributed by atoms with Gasteiger partial charge in [0.05, 0.1) is 12.1 Å². The maximum atomic E-state index is 9.33. The third-order valence-electron chi connectivity index (χ3n) is 3.14. The Bertz CT molecular complexity index is 415. The normalized spacial score (nSPS) is 16.7. The summed E-state index contributed by atoms with van der Waals surface area (Å²) in [6.45, 7) is 6.91. The lowest BCUT2D eigenvalue weighted by Gasteiger charge is -2.18. The molecule has 5 nitrogen and oxygen atoms in total. The fraction of sp³-hybridized carbons (Fsp3) is 0.667. The predicted molar refractivity (Wildman–Crippen MR) is 68.3 cm³/mol. The second-order valence-electron chi connectivity index (χ2n) is 4.69. The van der Waals surface area contributed by atoms with Crippen LogP contribution in [0.5, 0.6) is 0 Å². The summed E-state index contributed by atoms with van der Waals surface area (Å²) in [5.74, 6) is 2.44. The molecule has 0 atom stereocenters. The second kappa shape index (κ2) is 4.49. The van der Waals surface area contributed by atoms with Crippen molar-refractivity contribution in [3.63, 3.8) is 0 Å². The van der Waals surface area contributed by atoms with E-state index in [1.54, 1.807) is 0 Å². The topological polar surface area (TPSA) is 70.1 Å². The molecule has 1 fully saturated rings. The Kier molecular flexibility index (Phi) is 3.19. The average Bonchev–Trinajstić information content (AvgIpc) is 3.06. The Morgan fingerprint density at radius 3 is 2.41 bits per heavy atom. The molecule has 0 radical (unpaired) electrons. The Balaban J connectivity index is 2.26. The van der Waals surface area contributed by atoms with Crippen molar-refractivity contribution in [3.05, 3.63) is 11.4 Å². The molecule has 2 rings (SSSR count). The standard InChI is InChI=1S/C12H20N4O/c1-4-13-10-8(2)11(15-9(3)14-10)16-12(7-17)5-6-12/h17H,4-7H2,1-3H3,(H2,13,14,15,16). The summed E-state index contributed by atoms with van der Waals surface area (Å²) >= 11 is 0. The highest BCUT2D eigenvalue weighted by Gasteiger charge is 2.42. The van der Waals surface area contributed by atoms with E-state index in [-0.39, 0.29) is 12.1 Å². The second-order valence-corrected chi connectivity index (χ2v) is 4.69. The van der Waals surface area contributed by atoms with Gasteiger partial charge in [0, 0.05) is 12.1 Å². The van der Waals surface area contributed by atoms with E-state index >= 15 is 0 Å². The Morgan fingerprint density at radius 2 is 1.88 bits per heavy atom. The van der Waals surface area contributed by atoms with Crippen LogP contribution in [0.4, 0.5) is 11.6 Å². The molecular formula is C12H20N4O. The van der Waals surface area contributed by atoms with Crippen LogP contribution in [0.1, 0.15) is 31.2 Å². The highest BCUT2D eigenvalue weighted by Crippen LogP contribution is 2.39. The van der Waals surface area contributed by atoms with Gasteiger partial charge in [-0.2, -0.15) is 0 Å². The first-order valence-corrected chi connectivity index (χ1v) is 6.08. The summed E-state index contributed by atoms with van der Waals surface area (Å²) < 4.78 is 0. The number of hydrogen-bond acceptors (Lipinski definition) is 5. The van der Waals surface area contributed by atoms with Gasteiger partial charge in [-0.1, -0.05) is 0 Å². The van der Waals surface area contributed by atoms with E-state index in [0.717, 1.165) is 42.4 Å². The van der Waals surface area contributed by atoms with E-state index in [4.69, 9.17) is 0 Å². The molecule has 0 aromatic carbocycles. The van der Waals surface area contributed by atoms with Gasteiger partial charge >= 0.3 is 0 Å². The highest BCUT2D eigenvalue weighted by molar-refractivity contribution is 5.58. The smallest absolute Gasteiger partial charge is 0.135 e. The quantitative estimate of drug-likeness (QED) is 0.722. The van der Waals surface area contributed by atoms with Crippen LogP contribution in [0.2, 0.25) is 0 Å². The van der Waals surface area contributed by atoms with Crippen LogP contribution in [0.3, 0.4) is 0 Å². The zero-order valence-electron chi connectivity index (χ0n) is 10.7. The molecule has 1 heterocycles. The van der Waals surface area contributed by atoms with Crippen molar-refractivity contribution in [1.82, 2.24) is 9.97 Å². The van der Waals surface area contributed by atoms with E-state index < -0.39 is 0 Å². The van der Waals surface area contributed by atoms with Gasteiger partial charge in [-0.25, -0.2) is 9.97 Å². The third-order valence-corrected chi connectivity index (χ3v) is 3.14. The molecule has 1 aliphatic rings. The first-order valence-electron chi connectivity index (χ1n) is 6.08. The van der Waals surface area contributed by atoms with Gasteiger partial charge in [-0.05, 0) is 33.6 Å². The average molecular weight is 236 g/mol. The fourth-order valence-electron chi connectivity index (χ4n) is 1.81. The number of hydrogen-bond donors (Lipinski definition) is 3. The van der Waals surface area contributed by atoms with E-state index in [1.807, 2.05) is 20.8 Å². The summed E-state index contributed by atoms with van der Waals surface area (Å²) in [6.07, 6.45) is 2.01. The zero-order valence-corrected chi connectivity index (χ0v) is 10.7. The van der Waals surface area contributed by atoms with E-state index in [9.17, 15) is 5.11 Å². The van der Waals surface area contributed by atoms with Crippen LogP contribution < -0.4 is 10.6 Å². The molecule has 3 N–H and O–H groups in total. The highest BCUT2D eigenvalue weighted by atomic mass is 16.3. The van der Waals surface area contributed by atoms with Crippen LogP contribution in [0.25, 0.3) is 0 Å². The summed E-state index contributed by atoms with van der Waals surface area (Å²) in [5.41, 5.74) is 0.867. The van der Waals surface area contributed by atoms with Crippen LogP contribution in [-0.4, -0.2) is 33.8 Å². The number of aliphatic hydroxyl groups excluding tert-OH is 1. The molecule has 0 saturated heterocycles. The van der Waals surface area contributed by atoms with E-state index in [1.165, 1.54) is 0 Å². The molecule has 1 aliphatic carbocycles. The molecule has 1 saturated carbocycles. The minimum Gasteiger partial charge on any atom is -0.394 e. The van der Waals surface area contributed by atoms with Crippen LogP contribution in [0, 0.1) is 13.8 Å². The summed E-state index contributed by atoms with van der Waals surface area (Å²) in [5, 5.41) is 15.9. The van der Waals surface area contributed by atoms with Crippen molar-refractivity contribution < 1.29 is 5.11 Å². The minimum absolute atomic E-state index is 0.144. The Morgan fingerprint density at radius 1 is 1.24 bits per heavy atom. The molecule has 0 spiro atoms. The summed E-state index contributed by atoms with van der Waals surface area (Å²) in [7, 11) is 0. The molecule has 0 amide bonds. The van der Waals surface area contributed by atoms with Gasteiger partial charge in [0.25, 0.3) is 0 Å². The molecule has 0 aliphatic heterocycles. The maximum absolute atomic E-state index is 9.33. The van der Waals surface area contributed by atoms with Gasteiger partial charge in [-0.15, -0.1) is 0 Å². The number of nitrogens with zero attached hydrogens (tertiary/aromatic N) is 2. The predicted octanol–water partition coefficient (Wildman–Crippen LogP) is 1.46. The summed E-state index contributed by atoms with van der Waals surface area (Å²) in [6, 6.07) is 0. The molecule has 5 heteroatoms. The lowest BCUT2D eigenvalue weighted by molar-refractivity contribution is 0.266. The number of anilines is 2. The van der Waals surface area contributed by atoms with Crippen molar-refractivity contribution in [1.29, 1.82) is 0 Å². The maximum Gasteiger partial charge on any atom is 0.135 e. The number of nitrogens with one attached hydrogen (secondary N) is 2. The van der Waals surface area contributed by atoms with Gasteiger partial charge in [-0.3, -0.25) is 0 Å². The van der Waals surface area contributed by atoms with Crippen molar-refractivity contribution in [2.45, 2.75) is 39.2 Å². The molecule has 1 aromatic heterocycles. The van der Waals surface area contributed by atoms with Crippen LogP contribution in [0.15, 0.2) is 0 Å². The molecule has 94 valence electrons. The van der Waals surface area contributed by atoms with Gasteiger partial charge in [0.2, 0.25) is 0 Å². The monoisotopic (exact) mass is 236 g/mol. The van der Waals surface area contributed by atoms with Gasteiger partial charge < -0.3 is 15.7 Å². The van der Waals surface area contributed by atoms with Crippen LogP contribution in [-0.2, 0) is 0 Å². The van der Waals surface area contributed by atoms with Gasteiger partial charge in [0.1, 0.15) is 17.5 Å². The number of aromatic nitrogens is 2. The minimum atomic E-state index is -0.144. The Labute approximate surface area is 102 Å². The summed E-state index contributed by atoms with van der Waals surface area (Å²) in [4.78, 5) is 8.79. The number of rotatable bonds is 5. The van der Waals surface area contributed by atoms with Crippen molar-refractivity contribution in [3.8, 4) is 0 Å². The van der Waals surface area contributed by atoms with Crippen LogP contribution >= 0.6 is 0 Å².